The van der Waals surface area contributed by atoms with Crippen molar-refractivity contribution in [2.45, 2.75) is 12.0 Å². The molecule has 0 saturated heterocycles. The van der Waals surface area contributed by atoms with E-state index in [4.69, 9.17) is 16.0 Å². The average Bonchev–Trinajstić information content (AvgIpc) is 3.19. The van der Waals surface area contributed by atoms with E-state index in [0.717, 1.165) is 11.4 Å². The average molecular weight is 426 g/mol. The molecule has 2 nitrogen and oxygen atoms in total. The summed E-state index contributed by atoms with van der Waals surface area (Å²) in [4.78, 5) is 0. The van der Waals surface area contributed by atoms with Gasteiger partial charge < -0.3 is 9.82 Å². The Morgan fingerprint density at radius 2 is 1.57 bits per heavy atom. The second-order valence-electron chi connectivity index (χ2n) is 7.99. The highest BCUT2D eigenvalue weighted by molar-refractivity contribution is 7.91. The van der Waals surface area contributed by atoms with Crippen LogP contribution in [0.3, 0.4) is 0 Å². The van der Waals surface area contributed by atoms with Gasteiger partial charge in [-0.1, -0.05) is 90.1 Å². The maximum Gasteiger partial charge on any atom is 0.148 e. The summed E-state index contributed by atoms with van der Waals surface area (Å²) < 4.78 is 6.54. The first-order valence-electron chi connectivity index (χ1n) is 10.2. The molecule has 3 atom stereocenters. The number of nitrogens with one attached hydrogen (secondary N) is 1. The zero-order valence-corrected chi connectivity index (χ0v) is 17.6. The van der Waals surface area contributed by atoms with E-state index in [1.54, 1.807) is 0 Å². The van der Waals surface area contributed by atoms with Crippen molar-refractivity contribution in [3.05, 3.63) is 90.5 Å². The molecular formula is C26H17ClNOP. The monoisotopic (exact) mass is 425 g/mol. The highest BCUT2D eigenvalue weighted by Crippen LogP contribution is 2.60. The zero-order valence-electron chi connectivity index (χ0n) is 16.0. The van der Waals surface area contributed by atoms with E-state index < -0.39 is 7.43 Å². The second kappa shape index (κ2) is 6.11. The fourth-order valence-electron chi connectivity index (χ4n) is 5.20. The maximum absolute atomic E-state index is 6.95. The second-order valence-corrected chi connectivity index (χ2v) is 10.3. The number of halogens is 1. The molecule has 144 valence electrons. The summed E-state index contributed by atoms with van der Waals surface area (Å²) in [5.41, 5.74) is 4.77. The molecule has 1 aliphatic carbocycles. The lowest BCUT2D eigenvalue weighted by Gasteiger charge is -2.29. The number of hydrogen-bond acceptors (Lipinski definition) is 2. The standard InChI is InChI=1S/C26H17ClNOP/c27-30-21-14-13-15-7-1-2-8-16(15)23(21)24-18-10-4-3-9-17(18)22-19-11-5-6-12-20(19)29-26(22)25(24)28-30/h1-14,19-20,28H. The third-order valence-corrected chi connectivity index (χ3v) is 8.47. The minimum Gasteiger partial charge on any atom is -0.483 e. The van der Waals surface area contributed by atoms with Crippen LogP contribution in [0.5, 0.6) is 5.75 Å². The molecule has 3 unspecified atom stereocenters. The van der Waals surface area contributed by atoms with E-state index in [2.05, 4.69) is 90.1 Å². The molecule has 0 saturated carbocycles. The van der Waals surface area contributed by atoms with Crippen LogP contribution in [0.2, 0.25) is 0 Å². The molecule has 2 heterocycles. The molecule has 0 spiro atoms. The van der Waals surface area contributed by atoms with Crippen molar-refractivity contribution < 1.29 is 4.74 Å². The Hall–Kier alpha value is -2.80. The quantitative estimate of drug-likeness (QED) is 0.300. The van der Waals surface area contributed by atoms with E-state index in [9.17, 15) is 0 Å². The van der Waals surface area contributed by atoms with E-state index in [0.29, 0.717) is 0 Å². The van der Waals surface area contributed by atoms with Gasteiger partial charge in [0.15, 0.2) is 0 Å². The van der Waals surface area contributed by atoms with Crippen molar-refractivity contribution in [3.8, 4) is 16.9 Å². The van der Waals surface area contributed by atoms with Crippen LogP contribution in [0, 0.1) is 0 Å². The summed E-state index contributed by atoms with van der Waals surface area (Å²) in [5.74, 6) is 1.19. The lowest BCUT2D eigenvalue weighted by molar-refractivity contribution is 0.270. The molecule has 0 radical (unpaired) electrons. The van der Waals surface area contributed by atoms with Crippen LogP contribution >= 0.6 is 18.7 Å². The smallest absolute Gasteiger partial charge is 0.148 e. The first-order chi connectivity index (χ1) is 14.8. The lowest BCUT2D eigenvalue weighted by Crippen LogP contribution is -2.16. The highest BCUT2D eigenvalue weighted by Gasteiger charge is 2.39. The number of fused-ring (bicyclic) bond motifs is 12. The summed E-state index contributed by atoms with van der Waals surface area (Å²) in [6.45, 7) is 0. The van der Waals surface area contributed by atoms with Crippen LogP contribution in [0.1, 0.15) is 11.5 Å². The molecule has 30 heavy (non-hydrogen) atoms. The SMILES string of the molecule is ClP1Nc2c3c(c4ccccc4c2-c2c1ccc1ccccc21)C1C=CC=CC1O3. The summed E-state index contributed by atoms with van der Waals surface area (Å²) in [7, 11) is -1.04. The molecule has 0 amide bonds. The number of ether oxygens (including phenoxy) is 1. The van der Waals surface area contributed by atoms with Gasteiger partial charge in [0.05, 0.1) is 5.69 Å². The van der Waals surface area contributed by atoms with Crippen molar-refractivity contribution in [3.63, 3.8) is 0 Å². The van der Waals surface area contributed by atoms with Gasteiger partial charge in [-0.3, -0.25) is 0 Å². The minimum atomic E-state index is -1.04. The fourth-order valence-corrected chi connectivity index (χ4v) is 7.04. The van der Waals surface area contributed by atoms with Crippen LogP contribution < -0.4 is 15.1 Å². The fraction of sp³-hybridized carbons (Fsp3) is 0.0769. The van der Waals surface area contributed by atoms with Crippen molar-refractivity contribution in [2.75, 3.05) is 5.09 Å². The maximum atomic E-state index is 6.95. The molecule has 0 aromatic heterocycles. The molecule has 1 N–H and O–H groups in total. The van der Waals surface area contributed by atoms with Crippen LogP contribution in [-0.4, -0.2) is 6.10 Å². The summed E-state index contributed by atoms with van der Waals surface area (Å²) >= 11 is 6.95. The van der Waals surface area contributed by atoms with E-state index in [1.165, 1.54) is 43.5 Å². The highest BCUT2D eigenvalue weighted by atomic mass is 35.7. The van der Waals surface area contributed by atoms with Crippen molar-refractivity contribution >= 4 is 51.2 Å². The van der Waals surface area contributed by atoms with Crippen LogP contribution in [-0.2, 0) is 0 Å². The Balaban J connectivity index is 1.67. The van der Waals surface area contributed by atoms with Gasteiger partial charge in [0.2, 0.25) is 0 Å². The molecule has 0 fully saturated rings. The Morgan fingerprint density at radius 3 is 2.47 bits per heavy atom. The first kappa shape index (κ1) is 16.9. The summed E-state index contributed by atoms with van der Waals surface area (Å²) in [6.07, 6.45) is 8.65. The first-order valence-corrected chi connectivity index (χ1v) is 12.4. The van der Waals surface area contributed by atoms with Crippen molar-refractivity contribution in [1.82, 2.24) is 0 Å². The van der Waals surface area contributed by atoms with E-state index >= 15 is 0 Å². The summed E-state index contributed by atoms with van der Waals surface area (Å²) in [6, 6.07) is 21.6. The molecule has 4 aromatic carbocycles. The molecule has 0 bridgehead atoms. The molecular weight excluding hydrogens is 409 g/mol. The van der Waals surface area contributed by atoms with Gasteiger partial charge in [-0.05, 0) is 27.6 Å². The third kappa shape index (κ3) is 2.13. The van der Waals surface area contributed by atoms with E-state index in [1.807, 2.05) is 0 Å². The predicted molar refractivity (Wildman–Crippen MR) is 128 cm³/mol. The topological polar surface area (TPSA) is 21.3 Å². The van der Waals surface area contributed by atoms with Crippen molar-refractivity contribution in [1.29, 1.82) is 0 Å². The molecule has 4 heteroatoms. The normalized spacial score (nSPS) is 22.8. The van der Waals surface area contributed by atoms with Gasteiger partial charge in [0.25, 0.3) is 0 Å². The predicted octanol–water partition coefficient (Wildman–Crippen LogP) is 7.23. The Labute approximate surface area is 180 Å². The Bertz CT molecular complexity index is 1440. The molecule has 2 aliphatic heterocycles. The van der Waals surface area contributed by atoms with Gasteiger partial charge in [0.1, 0.15) is 19.3 Å². The van der Waals surface area contributed by atoms with Crippen LogP contribution in [0.4, 0.5) is 5.69 Å². The van der Waals surface area contributed by atoms with Gasteiger partial charge in [-0.15, -0.1) is 0 Å². The third-order valence-electron chi connectivity index (χ3n) is 6.46. The number of benzene rings is 4. The number of anilines is 1. The van der Waals surface area contributed by atoms with Crippen molar-refractivity contribution in [2.24, 2.45) is 0 Å². The van der Waals surface area contributed by atoms with E-state index in [-0.39, 0.29) is 12.0 Å². The Kier molecular flexibility index (Phi) is 3.45. The molecule has 7 rings (SSSR count). The van der Waals surface area contributed by atoms with Gasteiger partial charge in [-0.2, -0.15) is 0 Å². The van der Waals surface area contributed by atoms with Gasteiger partial charge in [-0.25, -0.2) is 0 Å². The molecule has 3 aliphatic rings. The van der Waals surface area contributed by atoms with Gasteiger partial charge >= 0.3 is 0 Å². The van der Waals surface area contributed by atoms with Crippen LogP contribution in [0.15, 0.2) is 85.0 Å². The number of allylic oxidation sites excluding steroid dienone is 2. The molecule has 4 aromatic rings. The van der Waals surface area contributed by atoms with Gasteiger partial charge in [0, 0.05) is 27.9 Å². The minimum absolute atomic E-state index is 0.0390. The number of hydrogen-bond donors (Lipinski definition) is 1. The van der Waals surface area contributed by atoms with Crippen LogP contribution in [0.25, 0.3) is 32.7 Å². The number of rotatable bonds is 0. The largest absolute Gasteiger partial charge is 0.483 e. The zero-order chi connectivity index (χ0) is 19.8. The summed E-state index contributed by atoms with van der Waals surface area (Å²) in [5, 5.41) is 9.81. The lowest BCUT2D eigenvalue weighted by atomic mass is 9.84. The Morgan fingerprint density at radius 1 is 0.800 bits per heavy atom.